The maximum absolute atomic E-state index is 12.1. The number of hydrogen-bond donors (Lipinski definition) is 2. The number of methoxy groups -OCH3 is 1. The van der Waals surface area contributed by atoms with E-state index in [1.807, 2.05) is 24.3 Å². The summed E-state index contributed by atoms with van der Waals surface area (Å²) in [6, 6.07) is 16.3. The molecule has 1 aliphatic heterocycles. The number of anilines is 2. The minimum Gasteiger partial charge on any atom is -0.496 e. The van der Waals surface area contributed by atoms with Crippen molar-refractivity contribution >= 4 is 17.3 Å². The van der Waals surface area contributed by atoms with Crippen molar-refractivity contribution < 1.29 is 9.53 Å². The van der Waals surface area contributed by atoms with Crippen LogP contribution < -0.4 is 20.3 Å². The van der Waals surface area contributed by atoms with E-state index in [0.717, 1.165) is 36.0 Å². The molecule has 150 valence electrons. The third kappa shape index (κ3) is 5.65. The molecule has 5 heteroatoms. The average Bonchev–Trinajstić information content (AvgIpc) is 2.73. The van der Waals surface area contributed by atoms with Gasteiger partial charge in [-0.1, -0.05) is 25.1 Å². The molecular formula is C23H31N3O2. The van der Waals surface area contributed by atoms with Crippen LogP contribution in [0, 0.1) is 5.92 Å². The van der Waals surface area contributed by atoms with Gasteiger partial charge in [0.25, 0.3) is 0 Å². The molecule has 1 fully saturated rings. The van der Waals surface area contributed by atoms with Gasteiger partial charge in [0, 0.05) is 49.5 Å². The number of piperidine rings is 1. The zero-order chi connectivity index (χ0) is 19.8. The average molecular weight is 382 g/mol. The number of rotatable bonds is 8. The normalized spacial score (nSPS) is 14.6. The van der Waals surface area contributed by atoms with Gasteiger partial charge in [-0.15, -0.1) is 0 Å². The summed E-state index contributed by atoms with van der Waals surface area (Å²) >= 11 is 0. The summed E-state index contributed by atoms with van der Waals surface area (Å²) < 4.78 is 5.31. The van der Waals surface area contributed by atoms with E-state index in [2.05, 4.69) is 46.7 Å². The second-order valence-corrected chi connectivity index (χ2v) is 7.48. The Morgan fingerprint density at radius 3 is 2.54 bits per heavy atom. The van der Waals surface area contributed by atoms with Crippen LogP contribution in [0.15, 0.2) is 48.5 Å². The zero-order valence-corrected chi connectivity index (χ0v) is 16.9. The molecule has 1 aliphatic rings. The van der Waals surface area contributed by atoms with E-state index in [1.165, 1.54) is 18.5 Å². The van der Waals surface area contributed by atoms with Gasteiger partial charge in [0.1, 0.15) is 5.75 Å². The van der Waals surface area contributed by atoms with Gasteiger partial charge in [-0.3, -0.25) is 4.79 Å². The highest BCUT2D eigenvalue weighted by Gasteiger charge is 2.15. The molecule has 1 saturated heterocycles. The fraction of sp³-hybridized carbons (Fsp3) is 0.435. The monoisotopic (exact) mass is 381 g/mol. The molecule has 3 rings (SSSR count). The van der Waals surface area contributed by atoms with Crippen LogP contribution in [0.4, 0.5) is 11.4 Å². The number of hydrogen-bond acceptors (Lipinski definition) is 4. The lowest BCUT2D eigenvalue weighted by Crippen LogP contribution is -2.32. The van der Waals surface area contributed by atoms with E-state index in [1.54, 1.807) is 7.11 Å². The number of nitrogens with one attached hydrogen (secondary N) is 2. The van der Waals surface area contributed by atoms with Gasteiger partial charge in [-0.25, -0.2) is 0 Å². The third-order valence-electron chi connectivity index (χ3n) is 5.37. The van der Waals surface area contributed by atoms with Crippen molar-refractivity contribution in [2.45, 2.75) is 32.7 Å². The van der Waals surface area contributed by atoms with Gasteiger partial charge < -0.3 is 20.3 Å². The van der Waals surface area contributed by atoms with Crippen molar-refractivity contribution in [3.05, 3.63) is 54.1 Å². The van der Waals surface area contributed by atoms with Crippen LogP contribution in [0.1, 0.15) is 31.7 Å². The van der Waals surface area contributed by atoms with E-state index in [0.29, 0.717) is 19.5 Å². The Kier molecular flexibility index (Phi) is 7.18. The summed E-state index contributed by atoms with van der Waals surface area (Å²) in [5, 5.41) is 6.28. The number of carbonyl (C=O) groups excluding carboxylic acids is 1. The molecule has 0 atom stereocenters. The second-order valence-electron chi connectivity index (χ2n) is 7.48. The highest BCUT2D eigenvalue weighted by molar-refractivity contribution is 5.76. The molecule has 1 heterocycles. The van der Waals surface area contributed by atoms with Gasteiger partial charge in [0.05, 0.1) is 7.11 Å². The van der Waals surface area contributed by atoms with E-state index in [4.69, 9.17) is 4.74 Å². The topological polar surface area (TPSA) is 53.6 Å². The zero-order valence-electron chi connectivity index (χ0n) is 16.9. The summed E-state index contributed by atoms with van der Waals surface area (Å²) in [7, 11) is 1.64. The summed E-state index contributed by atoms with van der Waals surface area (Å²) in [5.41, 5.74) is 3.31. The Morgan fingerprint density at radius 1 is 1.11 bits per heavy atom. The van der Waals surface area contributed by atoms with Crippen LogP contribution in [-0.4, -0.2) is 32.7 Å². The van der Waals surface area contributed by atoms with Crippen molar-refractivity contribution in [3.8, 4) is 5.75 Å². The largest absolute Gasteiger partial charge is 0.496 e. The fourth-order valence-corrected chi connectivity index (χ4v) is 3.51. The predicted octanol–water partition coefficient (Wildman–Crippen LogP) is 4.05. The number of ether oxygens (including phenoxy) is 1. The number of carbonyl (C=O) groups is 1. The molecule has 0 radical (unpaired) electrons. The molecule has 0 bridgehead atoms. The molecule has 0 saturated carbocycles. The molecule has 28 heavy (non-hydrogen) atoms. The smallest absolute Gasteiger partial charge is 0.222 e. The molecule has 0 spiro atoms. The first kappa shape index (κ1) is 20.1. The molecule has 2 aromatic carbocycles. The molecule has 2 N–H and O–H groups in total. The van der Waals surface area contributed by atoms with Gasteiger partial charge in [0.15, 0.2) is 0 Å². The maximum Gasteiger partial charge on any atom is 0.222 e. The lowest BCUT2D eigenvalue weighted by atomic mass is 9.99. The quantitative estimate of drug-likeness (QED) is 0.724. The summed E-state index contributed by atoms with van der Waals surface area (Å²) in [6.07, 6.45) is 2.97. The SMILES string of the molecule is COc1ccccc1CNC(=O)CCNc1ccc(N2CCC(C)CC2)cc1. The fourth-order valence-electron chi connectivity index (χ4n) is 3.51. The molecule has 2 aromatic rings. The number of benzene rings is 2. The van der Waals surface area contributed by atoms with E-state index in [-0.39, 0.29) is 5.91 Å². The highest BCUT2D eigenvalue weighted by Crippen LogP contribution is 2.24. The van der Waals surface area contributed by atoms with Crippen LogP contribution in [0.2, 0.25) is 0 Å². The number of para-hydroxylation sites is 1. The van der Waals surface area contributed by atoms with E-state index < -0.39 is 0 Å². The van der Waals surface area contributed by atoms with Gasteiger partial charge in [-0.2, -0.15) is 0 Å². The molecule has 0 aliphatic carbocycles. The van der Waals surface area contributed by atoms with E-state index >= 15 is 0 Å². The minimum absolute atomic E-state index is 0.0254. The lowest BCUT2D eigenvalue weighted by molar-refractivity contribution is -0.121. The minimum atomic E-state index is 0.0254. The summed E-state index contributed by atoms with van der Waals surface area (Å²) in [5.74, 6) is 1.66. The second kappa shape index (κ2) is 10.0. The van der Waals surface area contributed by atoms with Crippen molar-refractivity contribution in [3.63, 3.8) is 0 Å². The summed E-state index contributed by atoms with van der Waals surface area (Å²) in [4.78, 5) is 14.5. The molecule has 5 nitrogen and oxygen atoms in total. The molecular weight excluding hydrogens is 350 g/mol. The van der Waals surface area contributed by atoms with Crippen LogP contribution >= 0.6 is 0 Å². The van der Waals surface area contributed by atoms with Crippen molar-refractivity contribution in [2.24, 2.45) is 5.92 Å². The Balaban J connectivity index is 1.39. The van der Waals surface area contributed by atoms with Crippen LogP contribution in [0.3, 0.4) is 0 Å². The van der Waals surface area contributed by atoms with E-state index in [9.17, 15) is 4.79 Å². The molecule has 1 amide bonds. The Bertz CT molecular complexity index is 753. The van der Waals surface area contributed by atoms with Gasteiger partial charge in [-0.05, 0) is 49.1 Å². The maximum atomic E-state index is 12.1. The first-order chi connectivity index (χ1) is 13.7. The van der Waals surface area contributed by atoms with Crippen LogP contribution in [0.5, 0.6) is 5.75 Å². The third-order valence-corrected chi connectivity index (χ3v) is 5.37. The summed E-state index contributed by atoms with van der Waals surface area (Å²) in [6.45, 7) is 5.70. The lowest BCUT2D eigenvalue weighted by Gasteiger charge is -2.32. The molecule has 0 aromatic heterocycles. The van der Waals surface area contributed by atoms with Crippen molar-refractivity contribution in [1.29, 1.82) is 0 Å². The first-order valence-electron chi connectivity index (χ1n) is 10.1. The standard InChI is InChI=1S/C23H31N3O2/c1-18-12-15-26(16-13-18)21-9-7-20(8-10-21)24-14-11-23(27)25-17-19-5-3-4-6-22(19)28-2/h3-10,18,24H,11-17H2,1-2H3,(H,25,27). The highest BCUT2D eigenvalue weighted by atomic mass is 16.5. The van der Waals surface area contributed by atoms with Gasteiger partial charge in [0.2, 0.25) is 5.91 Å². The predicted molar refractivity (Wildman–Crippen MR) is 115 cm³/mol. The number of nitrogens with zero attached hydrogens (tertiary/aromatic N) is 1. The Labute approximate surface area is 168 Å². The van der Waals surface area contributed by atoms with Gasteiger partial charge >= 0.3 is 0 Å². The number of amides is 1. The Morgan fingerprint density at radius 2 is 1.82 bits per heavy atom. The van der Waals surface area contributed by atoms with Crippen molar-refractivity contribution in [1.82, 2.24) is 5.32 Å². The first-order valence-corrected chi connectivity index (χ1v) is 10.1. The Hall–Kier alpha value is -2.69. The van der Waals surface area contributed by atoms with Crippen LogP contribution in [0.25, 0.3) is 0 Å². The van der Waals surface area contributed by atoms with Crippen LogP contribution in [-0.2, 0) is 11.3 Å². The molecule has 0 unspecified atom stereocenters. The van der Waals surface area contributed by atoms with Crippen molar-refractivity contribution in [2.75, 3.05) is 37.0 Å².